The molecule has 0 spiro atoms. The topological polar surface area (TPSA) is 0 Å². The van der Waals surface area contributed by atoms with E-state index in [9.17, 15) is 0 Å². The second kappa shape index (κ2) is 5.03. The van der Waals surface area contributed by atoms with Gasteiger partial charge in [0.05, 0.1) is 0 Å². The third-order valence-electron chi connectivity index (χ3n) is 3.94. The van der Waals surface area contributed by atoms with E-state index in [0.29, 0.717) is 10.8 Å². The Bertz CT molecular complexity index is 306. The summed E-state index contributed by atoms with van der Waals surface area (Å²) >= 11 is 0. The van der Waals surface area contributed by atoms with Crippen LogP contribution in [0.4, 0.5) is 0 Å². The molecule has 0 aliphatic carbocycles. The van der Waals surface area contributed by atoms with Crippen molar-refractivity contribution in [2.75, 3.05) is 0 Å². The normalized spacial score (nSPS) is 12.8. The van der Waals surface area contributed by atoms with Gasteiger partial charge in [0.15, 0.2) is 0 Å². The lowest BCUT2D eigenvalue weighted by molar-refractivity contribution is 0.277. The second-order valence-electron chi connectivity index (χ2n) is 6.27. The number of rotatable bonds is 5. The molecule has 0 amide bonds. The molecule has 16 heavy (non-hydrogen) atoms. The van der Waals surface area contributed by atoms with E-state index in [2.05, 4.69) is 65.0 Å². The van der Waals surface area contributed by atoms with Crippen molar-refractivity contribution in [1.82, 2.24) is 0 Å². The molecule has 1 aromatic carbocycles. The fourth-order valence-corrected chi connectivity index (χ4v) is 1.86. The molecule has 0 saturated carbocycles. The van der Waals surface area contributed by atoms with Gasteiger partial charge in [-0.2, -0.15) is 0 Å². The Morgan fingerprint density at radius 3 is 1.94 bits per heavy atom. The standard InChI is InChI=1S/C16H26/c1-6-15(2,3)12-13-16(4,5)14-10-8-7-9-11-14/h7-11H,6,12-13H2,1-5H3. The molecule has 0 bridgehead atoms. The minimum absolute atomic E-state index is 0.299. The van der Waals surface area contributed by atoms with E-state index in [0.717, 1.165) is 0 Å². The van der Waals surface area contributed by atoms with Crippen molar-refractivity contribution in [2.24, 2.45) is 5.41 Å². The summed E-state index contributed by atoms with van der Waals surface area (Å²) in [6, 6.07) is 10.9. The average Bonchev–Trinajstić information content (AvgIpc) is 2.28. The summed E-state index contributed by atoms with van der Waals surface area (Å²) in [5, 5.41) is 0. The minimum Gasteiger partial charge on any atom is -0.0649 e. The molecule has 0 radical (unpaired) electrons. The van der Waals surface area contributed by atoms with Crippen molar-refractivity contribution in [3.63, 3.8) is 0 Å². The van der Waals surface area contributed by atoms with Crippen LogP contribution in [0.3, 0.4) is 0 Å². The van der Waals surface area contributed by atoms with Crippen molar-refractivity contribution in [3.8, 4) is 0 Å². The van der Waals surface area contributed by atoms with E-state index < -0.39 is 0 Å². The van der Waals surface area contributed by atoms with E-state index in [1.165, 1.54) is 24.8 Å². The predicted molar refractivity (Wildman–Crippen MR) is 72.8 cm³/mol. The van der Waals surface area contributed by atoms with Gasteiger partial charge in [-0.1, -0.05) is 71.4 Å². The Hall–Kier alpha value is -0.780. The maximum atomic E-state index is 2.37. The Morgan fingerprint density at radius 2 is 1.44 bits per heavy atom. The minimum atomic E-state index is 0.299. The van der Waals surface area contributed by atoms with Crippen LogP contribution < -0.4 is 0 Å². The van der Waals surface area contributed by atoms with Crippen LogP contribution in [-0.2, 0) is 5.41 Å². The molecule has 1 aromatic rings. The largest absolute Gasteiger partial charge is 0.0649 e. The van der Waals surface area contributed by atoms with Crippen LogP contribution in [-0.4, -0.2) is 0 Å². The third-order valence-corrected chi connectivity index (χ3v) is 3.94. The van der Waals surface area contributed by atoms with Crippen molar-refractivity contribution in [3.05, 3.63) is 35.9 Å². The van der Waals surface area contributed by atoms with Crippen molar-refractivity contribution < 1.29 is 0 Å². The summed E-state index contributed by atoms with van der Waals surface area (Å²) in [5.41, 5.74) is 2.24. The summed E-state index contributed by atoms with van der Waals surface area (Å²) < 4.78 is 0. The zero-order valence-corrected chi connectivity index (χ0v) is 11.5. The summed E-state index contributed by atoms with van der Waals surface area (Å²) in [4.78, 5) is 0. The Balaban J connectivity index is 2.66. The SMILES string of the molecule is CCC(C)(C)CCC(C)(C)c1ccccc1. The maximum absolute atomic E-state index is 2.37. The van der Waals surface area contributed by atoms with Gasteiger partial charge in [0, 0.05) is 0 Å². The molecule has 90 valence electrons. The van der Waals surface area contributed by atoms with Crippen LogP contribution in [0.2, 0.25) is 0 Å². The van der Waals surface area contributed by atoms with Crippen LogP contribution in [0.25, 0.3) is 0 Å². The summed E-state index contributed by atoms with van der Waals surface area (Å²) in [6.07, 6.45) is 3.82. The highest BCUT2D eigenvalue weighted by molar-refractivity contribution is 5.23. The first-order chi connectivity index (χ1) is 7.37. The van der Waals surface area contributed by atoms with Crippen molar-refractivity contribution >= 4 is 0 Å². The lowest BCUT2D eigenvalue weighted by Crippen LogP contribution is -2.21. The molecule has 0 saturated heterocycles. The molecule has 0 atom stereocenters. The Kier molecular flexibility index (Phi) is 4.18. The van der Waals surface area contributed by atoms with E-state index in [1.807, 2.05) is 0 Å². The molecule has 0 heteroatoms. The monoisotopic (exact) mass is 218 g/mol. The average molecular weight is 218 g/mol. The third kappa shape index (κ3) is 3.66. The van der Waals surface area contributed by atoms with Gasteiger partial charge in [-0.3, -0.25) is 0 Å². The van der Waals surface area contributed by atoms with Crippen LogP contribution in [0, 0.1) is 5.41 Å². The highest BCUT2D eigenvalue weighted by Gasteiger charge is 2.24. The van der Waals surface area contributed by atoms with Gasteiger partial charge >= 0.3 is 0 Å². The summed E-state index contributed by atoms with van der Waals surface area (Å²) in [6.45, 7) is 11.7. The number of benzene rings is 1. The number of hydrogen-bond donors (Lipinski definition) is 0. The van der Waals surface area contributed by atoms with E-state index in [-0.39, 0.29) is 0 Å². The lowest BCUT2D eigenvalue weighted by Gasteiger charge is -2.31. The molecule has 0 fully saturated rings. The first-order valence-electron chi connectivity index (χ1n) is 6.43. The van der Waals surface area contributed by atoms with E-state index in [1.54, 1.807) is 0 Å². The van der Waals surface area contributed by atoms with Gasteiger partial charge in [-0.25, -0.2) is 0 Å². The second-order valence-corrected chi connectivity index (χ2v) is 6.27. The highest BCUT2D eigenvalue weighted by atomic mass is 14.3. The predicted octanol–water partition coefficient (Wildman–Crippen LogP) is 5.18. The first kappa shape index (κ1) is 13.3. The van der Waals surface area contributed by atoms with Gasteiger partial charge in [-0.05, 0) is 29.2 Å². The number of hydrogen-bond acceptors (Lipinski definition) is 0. The van der Waals surface area contributed by atoms with Gasteiger partial charge in [0.1, 0.15) is 0 Å². The zero-order valence-electron chi connectivity index (χ0n) is 11.5. The fraction of sp³-hybridized carbons (Fsp3) is 0.625. The lowest BCUT2D eigenvalue weighted by atomic mass is 9.74. The van der Waals surface area contributed by atoms with E-state index >= 15 is 0 Å². The molecule has 0 unspecified atom stereocenters. The molecule has 0 aromatic heterocycles. The molecular weight excluding hydrogens is 192 g/mol. The van der Waals surface area contributed by atoms with E-state index in [4.69, 9.17) is 0 Å². The zero-order chi connectivity index (χ0) is 12.2. The Labute approximate surface area is 101 Å². The smallest absolute Gasteiger partial charge is 0.0103 e. The van der Waals surface area contributed by atoms with Crippen LogP contribution in [0.15, 0.2) is 30.3 Å². The van der Waals surface area contributed by atoms with Gasteiger partial charge < -0.3 is 0 Å². The molecule has 0 heterocycles. The van der Waals surface area contributed by atoms with Gasteiger partial charge in [0.25, 0.3) is 0 Å². The quantitative estimate of drug-likeness (QED) is 0.638. The van der Waals surface area contributed by atoms with Gasteiger partial charge in [-0.15, -0.1) is 0 Å². The van der Waals surface area contributed by atoms with Gasteiger partial charge in [0.2, 0.25) is 0 Å². The molecular formula is C16H26. The molecule has 0 nitrogen and oxygen atoms in total. The van der Waals surface area contributed by atoms with Crippen molar-refractivity contribution in [1.29, 1.82) is 0 Å². The molecule has 0 N–H and O–H groups in total. The summed E-state index contributed by atoms with van der Waals surface area (Å²) in [5.74, 6) is 0. The molecule has 0 aliphatic rings. The van der Waals surface area contributed by atoms with Crippen molar-refractivity contribution in [2.45, 2.75) is 59.3 Å². The van der Waals surface area contributed by atoms with Crippen LogP contribution in [0.1, 0.15) is 59.4 Å². The maximum Gasteiger partial charge on any atom is -0.0103 e. The van der Waals surface area contributed by atoms with Crippen LogP contribution in [0.5, 0.6) is 0 Å². The highest BCUT2D eigenvalue weighted by Crippen LogP contribution is 2.35. The fourth-order valence-electron chi connectivity index (χ4n) is 1.86. The first-order valence-corrected chi connectivity index (χ1v) is 6.43. The molecule has 1 rings (SSSR count). The Morgan fingerprint density at radius 1 is 0.875 bits per heavy atom. The molecule has 0 aliphatic heterocycles. The summed E-state index contributed by atoms with van der Waals surface area (Å²) in [7, 11) is 0. The van der Waals surface area contributed by atoms with Crippen LogP contribution >= 0.6 is 0 Å².